The third-order valence-electron chi connectivity index (χ3n) is 6.17. The molecule has 2 aliphatic rings. The Labute approximate surface area is 195 Å². The summed E-state index contributed by atoms with van der Waals surface area (Å²) in [6, 6.07) is 11.9. The van der Waals surface area contributed by atoms with Crippen molar-refractivity contribution >= 4 is 17.6 Å². The lowest BCUT2D eigenvalue weighted by Crippen LogP contribution is -2.52. The fourth-order valence-electron chi connectivity index (χ4n) is 4.13. The van der Waals surface area contributed by atoms with Crippen LogP contribution in [0.1, 0.15) is 33.1 Å². The molecule has 2 heterocycles. The van der Waals surface area contributed by atoms with E-state index in [0.29, 0.717) is 38.5 Å². The van der Waals surface area contributed by atoms with Gasteiger partial charge in [0.25, 0.3) is 0 Å². The van der Waals surface area contributed by atoms with E-state index in [-0.39, 0.29) is 24.4 Å². The van der Waals surface area contributed by atoms with E-state index >= 15 is 0 Å². The molecule has 1 aliphatic carbocycles. The summed E-state index contributed by atoms with van der Waals surface area (Å²) in [5.41, 5.74) is 1.74. The molecular formula is C25H33N5O3. The number of rotatable bonds is 8. The van der Waals surface area contributed by atoms with E-state index < -0.39 is 0 Å². The third kappa shape index (κ3) is 5.80. The zero-order valence-electron chi connectivity index (χ0n) is 19.7. The van der Waals surface area contributed by atoms with Crippen LogP contribution in [-0.4, -0.2) is 77.7 Å². The van der Waals surface area contributed by atoms with Crippen molar-refractivity contribution in [2.75, 3.05) is 44.7 Å². The van der Waals surface area contributed by atoms with Crippen LogP contribution in [0.15, 0.2) is 36.4 Å². The zero-order valence-corrected chi connectivity index (χ0v) is 19.7. The molecule has 8 nitrogen and oxygen atoms in total. The first kappa shape index (κ1) is 23.0. The Morgan fingerprint density at radius 2 is 1.85 bits per heavy atom. The highest BCUT2D eigenvalue weighted by Gasteiger charge is 2.35. The highest BCUT2D eigenvalue weighted by molar-refractivity contribution is 5.85. The smallest absolute Gasteiger partial charge is 0.242 e. The van der Waals surface area contributed by atoms with Gasteiger partial charge in [-0.1, -0.05) is 26.0 Å². The standard InChI is InChI=1S/C25H33N5O3/c1-18(2)15-24(31)30(20-7-8-20)17-25(32)29-13-11-28(12-14-29)23-10-9-22(26-27-23)19-5-4-6-21(16-19)33-3/h4-6,9-10,16,18,20H,7-8,11-15,17H2,1-3H3. The molecule has 1 aliphatic heterocycles. The Kier molecular flexibility index (Phi) is 7.11. The molecule has 1 saturated carbocycles. The van der Waals surface area contributed by atoms with Crippen molar-refractivity contribution in [2.45, 2.75) is 39.2 Å². The van der Waals surface area contributed by atoms with Gasteiger partial charge in [0.05, 0.1) is 12.8 Å². The van der Waals surface area contributed by atoms with E-state index in [1.807, 2.05) is 55.1 Å². The fourth-order valence-corrected chi connectivity index (χ4v) is 4.13. The molecule has 2 aromatic rings. The van der Waals surface area contributed by atoms with E-state index in [9.17, 15) is 9.59 Å². The molecule has 0 radical (unpaired) electrons. The van der Waals surface area contributed by atoms with Gasteiger partial charge in [-0.25, -0.2) is 0 Å². The van der Waals surface area contributed by atoms with E-state index in [0.717, 1.165) is 35.7 Å². The Hall–Kier alpha value is -3.16. The fraction of sp³-hybridized carbons (Fsp3) is 0.520. The van der Waals surface area contributed by atoms with Gasteiger partial charge >= 0.3 is 0 Å². The normalized spacial score (nSPS) is 16.1. The van der Waals surface area contributed by atoms with E-state index in [4.69, 9.17) is 4.74 Å². The summed E-state index contributed by atoms with van der Waals surface area (Å²) in [6.07, 6.45) is 2.52. The number of methoxy groups -OCH3 is 1. The first-order valence-electron chi connectivity index (χ1n) is 11.7. The molecule has 0 bridgehead atoms. The van der Waals surface area contributed by atoms with Gasteiger partial charge in [0.1, 0.15) is 12.3 Å². The predicted octanol–water partition coefficient (Wildman–Crippen LogP) is 2.84. The number of aromatic nitrogens is 2. The average molecular weight is 452 g/mol. The molecule has 1 saturated heterocycles. The van der Waals surface area contributed by atoms with Crippen LogP contribution < -0.4 is 9.64 Å². The van der Waals surface area contributed by atoms with Crippen molar-refractivity contribution in [1.29, 1.82) is 0 Å². The molecule has 0 N–H and O–H groups in total. The highest BCUT2D eigenvalue weighted by atomic mass is 16.5. The lowest BCUT2D eigenvalue weighted by Gasteiger charge is -2.36. The van der Waals surface area contributed by atoms with Crippen molar-refractivity contribution in [2.24, 2.45) is 5.92 Å². The van der Waals surface area contributed by atoms with Crippen molar-refractivity contribution in [1.82, 2.24) is 20.0 Å². The number of benzene rings is 1. The minimum atomic E-state index is 0.0399. The maximum atomic E-state index is 12.9. The number of carbonyl (C=O) groups excluding carboxylic acids is 2. The van der Waals surface area contributed by atoms with Crippen LogP contribution in [0.4, 0.5) is 5.82 Å². The lowest BCUT2D eigenvalue weighted by atomic mass is 10.1. The first-order chi connectivity index (χ1) is 15.9. The Morgan fingerprint density at radius 1 is 1.09 bits per heavy atom. The van der Waals surface area contributed by atoms with Gasteiger partial charge in [-0.15, -0.1) is 10.2 Å². The zero-order chi connectivity index (χ0) is 23.4. The maximum absolute atomic E-state index is 12.9. The van der Waals surface area contributed by atoms with E-state index in [1.165, 1.54) is 0 Å². The molecule has 2 amide bonds. The molecule has 8 heteroatoms. The Morgan fingerprint density at radius 3 is 2.45 bits per heavy atom. The van der Waals surface area contributed by atoms with Crippen LogP contribution in [0.3, 0.4) is 0 Å². The van der Waals surface area contributed by atoms with Crippen LogP contribution >= 0.6 is 0 Å². The topological polar surface area (TPSA) is 78.9 Å². The van der Waals surface area contributed by atoms with Crippen molar-refractivity contribution in [3.63, 3.8) is 0 Å². The van der Waals surface area contributed by atoms with Crippen LogP contribution in [0, 0.1) is 5.92 Å². The summed E-state index contributed by atoms with van der Waals surface area (Å²) in [7, 11) is 1.64. The summed E-state index contributed by atoms with van der Waals surface area (Å²) in [5, 5.41) is 8.80. The number of hydrogen-bond donors (Lipinski definition) is 0. The van der Waals surface area contributed by atoms with Gasteiger partial charge < -0.3 is 19.4 Å². The van der Waals surface area contributed by atoms with Gasteiger partial charge in [0.15, 0.2) is 5.82 Å². The highest BCUT2D eigenvalue weighted by Crippen LogP contribution is 2.28. The lowest BCUT2D eigenvalue weighted by molar-refractivity contribution is -0.141. The summed E-state index contributed by atoms with van der Waals surface area (Å²) >= 11 is 0. The minimum absolute atomic E-state index is 0.0399. The summed E-state index contributed by atoms with van der Waals surface area (Å²) in [4.78, 5) is 31.3. The number of amides is 2. The Balaban J connectivity index is 1.31. The molecule has 0 atom stereocenters. The molecule has 4 rings (SSSR count). The average Bonchev–Trinajstić information content (AvgIpc) is 3.67. The van der Waals surface area contributed by atoms with E-state index in [1.54, 1.807) is 12.0 Å². The second-order valence-corrected chi connectivity index (χ2v) is 9.23. The minimum Gasteiger partial charge on any atom is -0.497 e. The third-order valence-corrected chi connectivity index (χ3v) is 6.17. The molecule has 0 unspecified atom stereocenters. The van der Waals surface area contributed by atoms with Gasteiger partial charge in [-0.3, -0.25) is 9.59 Å². The molecule has 0 spiro atoms. The van der Waals surface area contributed by atoms with Crippen LogP contribution in [0.25, 0.3) is 11.3 Å². The van der Waals surface area contributed by atoms with E-state index in [2.05, 4.69) is 15.1 Å². The van der Waals surface area contributed by atoms with Gasteiger partial charge in [0, 0.05) is 44.2 Å². The SMILES string of the molecule is COc1cccc(-c2ccc(N3CCN(C(=O)CN(C(=O)CC(C)C)C4CC4)CC3)nn2)c1. The predicted molar refractivity (Wildman–Crippen MR) is 127 cm³/mol. The number of anilines is 1. The van der Waals surface area contributed by atoms with Crippen molar-refractivity contribution < 1.29 is 14.3 Å². The van der Waals surface area contributed by atoms with Crippen LogP contribution in [0.2, 0.25) is 0 Å². The number of ether oxygens (including phenoxy) is 1. The number of carbonyl (C=O) groups is 2. The second-order valence-electron chi connectivity index (χ2n) is 9.23. The summed E-state index contributed by atoms with van der Waals surface area (Å²) < 4.78 is 5.28. The summed E-state index contributed by atoms with van der Waals surface area (Å²) in [5.74, 6) is 2.03. The number of nitrogens with zero attached hydrogens (tertiary/aromatic N) is 5. The Bertz CT molecular complexity index is 966. The molecular weight excluding hydrogens is 418 g/mol. The monoisotopic (exact) mass is 451 g/mol. The maximum Gasteiger partial charge on any atom is 0.242 e. The quantitative estimate of drug-likeness (QED) is 0.614. The first-order valence-corrected chi connectivity index (χ1v) is 11.7. The summed E-state index contributed by atoms with van der Waals surface area (Å²) in [6.45, 7) is 6.91. The largest absolute Gasteiger partial charge is 0.497 e. The van der Waals surface area contributed by atoms with Gasteiger partial charge in [0.2, 0.25) is 11.8 Å². The number of hydrogen-bond acceptors (Lipinski definition) is 6. The molecule has 1 aromatic carbocycles. The molecule has 2 fully saturated rings. The van der Waals surface area contributed by atoms with Crippen molar-refractivity contribution in [3.05, 3.63) is 36.4 Å². The number of piperazine rings is 1. The van der Waals surface area contributed by atoms with Crippen LogP contribution in [-0.2, 0) is 9.59 Å². The molecule has 176 valence electrons. The second kappa shape index (κ2) is 10.2. The van der Waals surface area contributed by atoms with Crippen LogP contribution in [0.5, 0.6) is 5.75 Å². The van der Waals surface area contributed by atoms with Gasteiger partial charge in [-0.05, 0) is 43.0 Å². The van der Waals surface area contributed by atoms with Crippen molar-refractivity contribution in [3.8, 4) is 17.0 Å². The molecule has 1 aromatic heterocycles. The molecule has 33 heavy (non-hydrogen) atoms. The van der Waals surface area contributed by atoms with Gasteiger partial charge in [-0.2, -0.15) is 0 Å².